The summed E-state index contributed by atoms with van der Waals surface area (Å²) in [6.07, 6.45) is 1.60. The fraction of sp³-hybridized carbons (Fsp3) is 0.529. The number of benzene rings is 1. The molecule has 1 saturated heterocycles. The van der Waals surface area contributed by atoms with Crippen LogP contribution in [0.2, 0.25) is 0 Å². The SMILES string of the molecule is CCNC(=O)N1CC[C@@H](NC(=O)NCCc2cccc(C)c2)C1. The van der Waals surface area contributed by atoms with E-state index in [1.165, 1.54) is 11.1 Å². The van der Waals surface area contributed by atoms with Crippen LogP contribution >= 0.6 is 0 Å². The molecule has 2 rings (SSSR count). The topological polar surface area (TPSA) is 73.5 Å². The number of nitrogens with zero attached hydrogens (tertiary/aromatic N) is 1. The minimum atomic E-state index is -0.166. The quantitative estimate of drug-likeness (QED) is 0.772. The molecule has 1 aromatic carbocycles. The molecule has 1 aliphatic rings. The molecule has 0 aliphatic carbocycles. The van der Waals surface area contributed by atoms with E-state index in [1.54, 1.807) is 4.90 Å². The minimum Gasteiger partial charge on any atom is -0.338 e. The number of hydrogen-bond donors (Lipinski definition) is 3. The van der Waals surface area contributed by atoms with Crippen LogP contribution in [0.15, 0.2) is 24.3 Å². The lowest BCUT2D eigenvalue weighted by Crippen LogP contribution is -2.45. The number of aryl methyl sites for hydroxylation is 1. The Hall–Kier alpha value is -2.24. The minimum absolute atomic E-state index is 0.0246. The molecule has 0 aromatic heterocycles. The Bertz CT molecular complexity index is 547. The van der Waals surface area contributed by atoms with Gasteiger partial charge < -0.3 is 20.9 Å². The van der Waals surface area contributed by atoms with E-state index < -0.39 is 0 Å². The van der Waals surface area contributed by atoms with Crippen molar-refractivity contribution in [2.24, 2.45) is 0 Å². The van der Waals surface area contributed by atoms with E-state index in [9.17, 15) is 9.59 Å². The van der Waals surface area contributed by atoms with Crippen LogP contribution in [0.1, 0.15) is 24.5 Å². The second kappa shape index (κ2) is 8.41. The van der Waals surface area contributed by atoms with Gasteiger partial charge in [0.15, 0.2) is 0 Å². The summed E-state index contributed by atoms with van der Waals surface area (Å²) in [4.78, 5) is 25.4. The maximum Gasteiger partial charge on any atom is 0.317 e. The number of rotatable bonds is 5. The molecule has 0 saturated carbocycles. The molecule has 6 nitrogen and oxygen atoms in total. The predicted octanol–water partition coefficient (Wildman–Crippen LogP) is 1.64. The molecular weight excluding hydrogens is 292 g/mol. The molecule has 0 bridgehead atoms. The van der Waals surface area contributed by atoms with E-state index in [1.807, 2.05) is 13.0 Å². The zero-order chi connectivity index (χ0) is 16.7. The molecule has 1 fully saturated rings. The first-order valence-corrected chi connectivity index (χ1v) is 8.21. The molecule has 3 N–H and O–H groups in total. The van der Waals surface area contributed by atoms with E-state index >= 15 is 0 Å². The maximum atomic E-state index is 11.9. The summed E-state index contributed by atoms with van der Waals surface area (Å²) >= 11 is 0. The third-order valence-electron chi connectivity index (χ3n) is 3.92. The predicted molar refractivity (Wildman–Crippen MR) is 90.5 cm³/mol. The van der Waals surface area contributed by atoms with Gasteiger partial charge in [0.2, 0.25) is 0 Å². The summed E-state index contributed by atoms with van der Waals surface area (Å²) in [5.41, 5.74) is 2.44. The first kappa shape index (κ1) is 17.1. The first-order chi connectivity index (χ1) is 11.1. The van der Waals surface area contributed by atoms with E-state index in [4.69, 9.17) is 0 Å². The standard InChI is InChI=1S/C17H26N4O2/c1-3-18-17(23)21-10-8-15(12-21)20-16(22)19-9-7-14-6-4-5-13(2)11-14/h4-6,11,15H,3,7-10,12H2,1-2H3,(H,18,23)(H2,19,20,22)/t15-/m1/s1. The van der Waals surface area contributed by atoms with Crippen LogP contribution < -0.4 is 16.0 Å². The van der Waals surface area contributed by atoms with Gasteiger partial charge in [-0.05, 0) is 32.3 Å². The number of carbonyl (C=O) groups excluding carboxylic acids is 2. The molecule has 1 aromatic rings. The van der Waals surface area contributed by atoms with Gasteiger partial charge >= 0.3 is 12.1 Å². The van der Waals surface area contributed by atoms with Gasteiger partial charge in [-0.1, -0.05) is 29.8 Å². The largest absolute Gasteiger partial charge is 0.338 e. The Morgan fingerprint density at radius 1 is 1.30 bits per heavy atom. The molecule has 0 radical (unpaired) electrons. The number of likely N-dealkylation sites (tertiary alicyclic amines) is 1. The summed E-state index contributed by atoms with van der Waals surface area (Å²) in [6.45, 7) is 6.42. The summed E-state index contributed by atoms with van der Waals surface area (Å²) in [7, 11) is 0. The molecule has 0 spiro atoms. The van der Waals surface area contributed by atoms with Crippen LogP contribution in [0, 0.1) is 6.92 Å². The number of amides is 4. The van der Waals surface area contributed by atoms with Gasteiger partial charge in [-0.25, -0.2) is 9.59 Å². The van der Waals surface area contributed by atoms with Gasteiger partial charge in [0.25, 0.3) is 0 Å². The third-order valence-corrected chi connectivity index (χ3v) is 3.92. The lowest BCUT2D eigenvalue weighted by molar-refractivity contribution is 0.207. The fourth-order valence-corrected chi connectivity index (χ4v) is 2.75. The highest BCUT2D eigenvalue weighted by molar-refractivity contribution is 5.76. The molecule has 6 heteroatoms. The van der Waals surface area contributed by atoms with E-state index in [0.717, 1.165) is 12.8 Å². The zero-order valence-corrected chi connectivity index (χ0v) is 13.9. The second-order valence-corrected chi connectivity index (χ2v) is 5.91. The van der Waals surface area contributed by atoms with Gasteiger partial charge in [-0.2, -0.15) is 0 Å². The molecule has 4 amide bonds. The molecule has 1 heterocycles. The van der Waals surface area contributed by atoms with E-state index in [0.29, 0.717) is 26.2 Å². The van der Waals surface area contributed by atoms with Crippen LogP contribution in [0.25, 0.3) is 0 Å². The lowest BCUT2D eigenvalue weighted by Gasteiger charge is -2.17. The van der Waals surface area contributed by atoms with Crippen molar-refractivity contribution in [3.63, 3.8) is 0 Å². The molecule has 23 heavy (non-hydrogen) atoms. The third kappa shape index (κ3) is 5.47. The highest BCUT2D eigenvalue weighted by atomic mass is 16.2. The Labute approximate surface area is 137 Å². The summed E-state index contributed by atoms with van der Waals surface area (Å²) in [5, 5.41) is 8.59. The van der Waals surface area contributed by atoms with Gasteiger partial charge in [0.05, 0.1) is 0 Å². The average molecular weight is 318 g/mol. The first-order valence-electron chi connectivity index (χ1n) is 8.21. The number of nitrogens with one attached hydrogen (secondary N) is 3. The Balaban J connectivity index is 1.66. The smallest absolute Gasteiger partial charge is 0.317 e. The zero-order valence-electron chi connectivity index (χ0n) is 13.9. The monoisotopic (exact) mass is 318 g/mol. The van der Waals surface area contributed by atoms with Crippen molar-refractivity contribution in [2.45, 2.75) is 32.7 Å². The van der Waals surface area contributed by atoms with E-state index in [2.05, 4.69) is 41.1 Å². The van der Waals surface area contributed by atoms with Gasteiger partial charge in [0, 0.05) is 32.2 Å². The van der Waals surface area contributed by atoms with Crippen LogP contribution in [0.5, 0.6) is 0 Å². The number of urea groups is 2. The molecule has 126 valence electrons. The van der Waals surface area contributed by atoms with Crippen LogP contribution in [0.4, 0.5) is 9.59 Å². The van der Waals surface area contributed by atoms with E-state index in [-0.39, 0.29) is 18.1 Å². The highest BCUT2D eigenvalue weighted by Gasteiger charge is 2.26. The van der Waals surface area contributed by atoms with Crippen molar-refractivity contribution in [3.05, 3.63) is 35.4 Å². The van der Waals surface area contributed by atoms with Crippen LogP contribution in [-0.4, -0.2) is 49.2 Å². The van der Waals surface area contributed by atoms with Crippen molar-refractivity contribution in [1.82, 2.24) is 20.9 Å². The van der Waals surface area contributed by atoms with Crippen molar-refractivity contribution in [1.29, 1.82) is 0 Å². The maximum absolute atomic E-state index is 11.9. The van der Waals surface area contributed by atoms with Crippen molar-refractivity contribution < 1.29 is 9.59 Å². The number of hydrogen-bond acceptors (Lipinski definition) is 2. The van der Waals surface area contributed by atoms with Gasteiger partial charge in [-0.15, -0.1) is 0 Å². The Morgan fingerprint density at radius 3 is 2.87 bits per heavy atom. The van der Waals surface area contributed by atoms with Crippen molar-refractivity contribution in [3.8, 4) is 0 Å². The molecule has 1 atom stereocenters. The fourth-order valence-electron chi connectivity index (χ4n) is 2.75. The second-order valence-electron chi connectivity index (χ2n) is 5.91. The van der Waals surface area contributed by atoms with Gasteiger partial charge in [0.1, 0.15) is 0 Å². The van der Waals surface area contributed by atoms with Gasteiger partial charge in [-0.3, -0.25) is 0 Å². The molecule has 0 unspecified atom stereocenters. The van der Waals surface area contributed by atoms with Crippen molar-refractivity contribution >= 4 is 12.1 Å². The normalized spacial score (nSPS) is 17.0. The van der Waals surface area contributed by atoms with Crippen LogP contribution in [-0.2, 0) is 6.42 Å². The Morgan fingerprint density at radius 2 is 2.13 bits per heavy atom. The highest BCUT2D eigenvalue weighted by Crippen LogP contribution is 2.09. The summed E-state index contributed by atoms with van der Waals surface area (Å²) in [6, 6.07) is 8.08. The number of carbonyl (C=O) groups is 2. The van der Waals surface area contributed by atoms with Crippen LogP contribution in [0.3, 0.4) is 0 Å². The molecular formula is C17H26N4O2. The lowest BCUT2D eigenvalue weighted by atomic mass is 10.1. The molecule has 1 aliphatic heterocycles. The van der Waals surface area contributed by atoms with Crippen molar-refractivity contribution in [2.75, 3.05) is 26.2 Å². The Kier molecular flexibility index (Phi) is 6.26. The summed E-state index contributed by atoms with van der Waals surface area (Å²) in [5.74, 6) is 0. The summed E-state index contributed by atoms with van der Waals surface area (Å²) < 4.78 is 0. The average Bonchev–Trinajstić information content (AvgIpc) is 2.96.